The second-order valence-electron chi connectivity index (χ2n) is 23.8. The number of hydrogen-bond donors (Lipinski definition) is 0. The number of aliphatic imine (C=N–C) groups is 4. The van der Waals surface area contributed by atoms with Crippen molar-refractivity contribution in [3.8, 4) is 0 Å². The third-order valence-corrected chi connectivity index (χ3v) is 12.6. The molecule has 0 aliphatic heterocycles. The summed E-state index contributed by atoms with van der Waals surface area (Å²) in [6.07, 6.45) is 19.6. The van der Waals surface area contributed by atoms with E-state index < -0.39 is 23.9 Å². The van der Waals surface area contributed by atoms with Crippen LogP contribution in [0.25, 0.3) is 0 Å². The SMILES string of the molecule is CC(C)N=C(C(=O)[O-])N(C1=C(C(C)C)C=CC1)C(C)C.CC(C)N=C(C(=O)[O-])N(C1=C(C(C)C)C=CC1)C(C)C.CC(C)N=C(C(=O)[O-])N(C1=C(C(C)C)C=CC1)C(C)C.CC(C)N=C(C(=O)[O-])N(C1=C(C(C)C)C=CC1)C(C)C.[Ru+4]. The van der Waals surface area contributed by atoms with Gasteiger partial charge in [-0.05, 0) is 157 Å². The third kappa shape index (κ3) is 22.9. The molecule has 0 fully saturated rings. The van der Waals surface area contributed by atoms with Crippen molar-refractivity contribution in [1.82, 2.24) is 19.6 Å². The van der Waals surface area contributed by atoms with Crippen LogP contribution in [0.4, 0.5) is 0 Å². The van der Waals surface area contributed by atoms with Crippen LogP contribution in [0.2, 0.25) is 0 Å². The van der Waals surface area contributed by atoms with Crippen molar-refractivity contribution in [3.63, 3.8) is 0 Å². The predicted molar refractivity (Wildman–Crippen MR) is 321 cm³/mol. The maximum absolute atomic E-state index is 11.5. The van der Waals surface area contributed by atoms with Crippen molar-refractivity contribution in [2.24, 2.45) is 43.6 Å². The molecule has 0 aromatic carbocycles. The summed E-state index contributed by atoms with van der Waals surface area (Å²) in [6.45, 7) is 47.6. The summed E-state index contributed by atoms with van der Waals surface area (Å²) in [5.74, 6) is -3.30. The smallest absolute Gasteiger partial charge is 0.542 e. The Bertz CT molecular complexity index is 2170. The normalized spacial score (nSPS) is 15.8. The maximum atomic E-state index is 11.5. The number of rotatable bonds is 16. The molecule has 0 spiro atoms. The van der Waals surface area contributed by atoms with Gasteiger partial charge in [0.25, 0.3) is 0 Å². The fraction of sp³-hybridized carbons (Fsp3) is 0.625. The minimum atomic E-state index is -1.21. The van der Waals surface area contributed by atoms with Gasteiger partial charge in [-0.25, -0.2) is 0 Å². The van der Waals surface area contributed by atoms with Crippen molar-refractivity contribution in [1.29, 1.82) is 0 Å². The van der Waals surface area contributed by atoms with E-state index in [0.29, 0.717) is 23.7 Å². The number of aliphatic carboxylic acids is 4. The summed E-state index contributed by atoms with van der Waals surface area (Å²) in [5.41, 5.74) is 8.81. The summed E-state index contributed by atoms with van der Waals surface area (Å²) in [7, 11) is 0. The molecule has 0 unspecified atom stereocenters. The van der Waals surface area contributed by atoms with Crippen LogP contribution >= 0.6 is 0 Å². The number of carboxylic acids is 4. The van der Waals surface area contributed by atoms with Gasteiger partial charge >= 0.3 is 19.5 Å². The number of carboxylic acid groups (broad SMARTS) is 4. The zero-order chi connectivity index (χ0) is 61.8. The Labute approximate surface area is 501 Å². The summed E-state index contributed by atoms with van der Waals surface area (Å²) < 4.78 is 0. The van der Waals surface area contributed by atoms with Crippen LogP contribution < -0.4 is 20.4 Å². The monoisotopic (exact) mass is 1210 g/mol. The van der Waals surface area contributed by atoms with Crippen LogP contribution in [0.1, 0.15) is 192 Å². The molecule has 0 aromatic heterocycles. The van der Waals surface area contributed by atoms with E-state index in [9.17, 15) is 39.6 Å². The van der Waals surface area contributed by atoms with Crippen LogP contribution in [0.3, 0.4) is 0 Å². The van der Waals surface area contributed by atoms with E-state index in [4.69, 9.17) is 0 Å². The van der Waals surface area contributed by atoms with Crippen LogP contribution in [0.5, 0.6) is 0 Å². The molecule has 0 N–H and O–H groups in total. The van der Waals surface area contributed by atoms with Crippen LogP contribution in [-0.4, -0.2) is 115 Å². The van der Waals surface area contributed by atoms with Crippen molar-refractivity contribution in [2.75, 3.05) is 0 Å². The summed E-state index contributed by atoms with van der Waals surface area (Å²) in [4.78, 5) is 70.2. The van der Waals surface area contributed by atoms with Gasteiger partial charge in [-0.2, -0.15) is 0 Å². The quantitative estimate of drug-likeness (QED) is 0.0806. The van der Waals surface area contributed by atoms with Crippen LogP contribution in [0.15, 0.2) is 114 Å². The molecule has 0 amide bonds. The minimum Gasteiger partial charge on any atom is -0.542 e. The molecule has 16 nitrogen and oxygen atoms in total. The number of allylic oxidation sites excluding steroid dienone is 12. The van der Waals surface area contributed by atoms with Gasteiger partial charge in [0.1, 0.15) is 23.9 Å². The van der Waals surface area contributed by atoms with Gasteiger partial charge in [-0.3, -0.25) is 20.0 Å². The summed E-state index contributed by atoms with van der Waals surface area (Å²) in [5, 5.41) is 46.0. The first-order valence-electron chi connectivity index (χ1n) is 28.9. The molecule has 452 valence electrons. The average Bonchev–Trinajstić information content (AvgIpc) is 4.16. The van der Waals surface area contributed by atoms with E-state index >= 15 is 0 Å². The number of carbonyl (C=O) groups excluding carboxylic acids is 4. The molecule has 17 heteroatoms. The van der Waals surface area contributed by atoms with Gasteiger partial charge in [-0.1, -0.05) is 104 Å². The third-order valence-electron chi connectivity index (χ3n) is 12.6. The van der Waals surface area contributed by atoms with E-state index in [1.165, 1.54) is 22.3 Å². The Kier molecular flexibility index (Phi) is 32.8. The van der Waals surface area contributed by atoms with Gasteiger partial charge in [0.15, 0.2) is 23.3 Å². The molecule has 81 heavy (non-hydrogen) atoms. The van der Waals surface area contributed by atoms with Crippen molar-refractivity contribution < 1.29 is 59.1 Å². The Morgan fingerprint density at radius 2 is 0.469 bits per heavy atom. The van der Waals surface area contributed by atoms with Crippen molar-refractivity contribution in [2.45, 2.75) is 240 Å². The fourth-order valence-electron chi connectivity index (χ4n) is 9.67. The molecule has 4 aliphatic rings. The first-order valence-corrected chi connectivity index (χ1v) is 28.9. The van der Waals surface area contributed by atoms with Crippen molar-refractivity contribution >= 4 is 47.2 Å². The molecule has 4 aliphatic carbocycles. The molecule has 0 heterocycles. The second kappa shape index (κ2) is 35.3. The first kappa shape index (κ1) is 75.3. The van der Waals surface area contributed by atoms with Crippen LogP contribution in [-0.2, 0) is 38.7 Å². The van der Waals surface area contributed by atoms with Gasteiger partial charge in [0.2, 0.25) is 0 Å². The van der Waals surface area contributed by atoms with E-state index in [0.717, 1.165) is 48.5 Å². The van der Waals surface area contributed by atoms with E-state index in [1.807, 2.05) is 130 Å². The maximum Gasteiger partial charge on any atom is 4.00 e. The minimum absolute atomic E-state index is 0. The topological polar surface area (TPSA) is 223 Å². The zero-order valence-corrected chi connectivity index (χ0v) is 55.3. The van der Waals surface area contributed by atoms with Gasteiger partial charge < -0.3 is 59.2 Å². The summed E-state index contributed by atoms with van der Waals surface area (Å²) >= 11 is 0. The van der Waals surface area contributed by atoms with E-state index in [2.05, 4.69) is 124 Å². The molecular formula is C64H100N8O8Ru. The Hall–Kier alpha value is -5.70. The first-order chi connectivity index (χ1) is 37.0. The second-order valence-corrected chi connectivity index (χ2v) is 23.8. The molecular weight excluding hydrogens is 1110 g/mol. The van der Waals surface area contributed by atoms with E-state index in [1.54, 1.807) is 0 Å². The average molecular weight is 1210 g/mol. The Morgan fingerprint density at radius 3 is 0.568 bits per heavy atom. The predicted octanol–water partition coefficient (Wildman–Crippen LogP) is 8.49. The molecule has 4 rings (SSSR count). The zero-order valence-electron chi connectivity index (χ0n) is 53.6. The standard InChI is InChI=1S/4C16H26N2O2.Ru/c4*1-10(2)13-8-7-9-14(13)18(12(5)6)15(16(19)20)17-11(3)4;/h4*7-8,10-12H,9H2,1-6H3,(H,19,20);/q;;;;+4/p-4. The van der Waals surface area contributed by atoms with Gasteiger partial charge in [-0.15, -0.1) is 0 Å². The number of nitrogens with zero attached hydrogens (tertiary/aromatic N) is 8. The Morgan fingerprint density at radius 1 is 0.321 bits per heavy atom. The molecule has 0 aromatic rings. The fourth-order valence-corrected chi connectivity index (χ4v) is 9.67. The molecule has 0 atom stereocenters. The van der Waals surface area contributed by atoms with E-state index in [-0.39, 0.29) is 91.2 Å². The molecule has 0 saturated carbocycles. The number of hydrogen-bond acceptors (Lipinski definition) is 12. The molecule has 0 radical (unpaired) electrons. The number of amidine groups is 4. The van der Waals surface area contributed by atoms with Gasteiger partial charge in [0.05, 0.1) is 0 Å². The van der Waals surface area contributed by atoms with Crippen molar-refractivity contribution in [3.05, 3.63) is 93.7 Å². The Balaban J connectivity index is 0.00000105. The largest absolute Gasteiger partial charge is 4.00 e. The van der Waals surface area contributed by atoms with Gasteiger partial charge in [0, 0.05) is 96.8 Å². The summed E-state index contributed by atoms with van der Waals surface area (Å²) in [6, 6.07) is -0.238. The van der Waals surface area contributed by atoms with Crippen LogP contribution in [0, 0.1) is 23.7 Å². The molecule has 0 saturated heterocycles. The molecule has 0 bridgehead atoms. The number of carbonyl (C=O) groups is 4.